The summed E-state index contributed by atoms with van der Waals surface area (Å²) in [4.78, 5) is 26.8. The van der Waals surface area contributed by atoms with E-state index in [0.29, 0.717) is 13.1 Å². The van der Waals surface area contributed by atoms with Crippen molar-refractivity contribution in [3.8, 4) is 17.5 Å². The third-order valence-corrected chi connectivity index (χ3v) is 7.14. The number of anilines is 1. The SMILES string of the molecule is CCN(CC)S(=O)(=O)c1ccc2onc(C(=O)Nc3ccc(C#N)cc3-c3noc(=O)[nH]3)c2c1. The molecule has 0 aliphatic heterocycles. The fraction of sp³-hybridized carbons (Fsp3) is 0.190. The molecule has 2 N–H and O–H groups in total. The smallest absolute Gasteiger partial charge is 0.355 e. The second-order valence-electron chi connectivity index (χ2n) is 7.05. The highest BCUT2D eigenvalue weighted by Gasteiger charge is 2.25. The topological polar surface area (TPSA) is 175 Å². The molecular weight excluding hydrogens is 464 g/mol. The van der Waals surface area contributed by atoms with Gasteiger partial charge in [0, 0.05) is 18.7 Å². The van der Waals surface area contributed by atoms with Gasteiger partial charge in [0.1, 0.15) is 0 Å². The second kappa shape index (κ2) is 8.93. The number of hydrogen-bond acceptors (Lipinski definition) is 9. The number of carbonyl (C=O) groups is 1. The van der Waals surface area contributed by atoms with Gasteiger partial charge in [-0.2, -0.15) is 9.57 Å². The van der Waals surface area contributed by atoms with Crippen LogP contribution in [0.15, 0.2) is 55.1 Å². The summed E-state index contributed by atoms with van der Waals surface area (Å²) in [6, 6.07) is 10.5. The monoisotopic (exact) mass is 482 g/mol. The Morgan fingerprint density at radius 1 is 1.15 bits per heavy atom. The number of sulfonamides is 1. The van der Waals surface area contributed by atoms with E-state index in [1.54, 1.807) is 13.8 Å². The van der Waals surface area contributed by atoms with Gasteiger partial charge in [-0.05, 0) is 36.4 Å². The Morgan fingerprint density at radius 3 is 2.56 bits per heavy atom. The van der Waals surface area contributed by atoms with Crippen molar-refractivity contribution in [2.75, 3.05) is 18.4 Å². The molecule has 0 spiro atoms. The molecule has 4 rings (SSSR count). The second-order valence-corrected chi connectivity index (χ2v) is 8.99. The molecule has 0 atom stereocenters. The number of hydrogen-bond donors (Lipinski definition) is 2. The van der Waals surface area contributed by atoms with Gasteiger partial charge in [-0.3, -0.25) is 14.3 Å². The molecule has 34 heavy (non-hydrogen) atoms. The molecule has 0 aliphatic carbocycles. The minimum absolute atomic E-state index is 0.000171. The van der Waals surface area contributed by atoms with Crippen LogP contribution in [-0.4, -0.2) is 47.0 Å². The summed E-state index contributed by atoms with van der Waals surface area (Å²) in [5.74, 6) is -1.50. The fourth-order valence-corrected chi connectivity index (χ4v) is 4.89. The highest BCUT2D eigenvalue weighted by atomic mass is 32.2. The highest BCUT2D eigenvalue weighted by molar-refractivity contribution is 7.89. The molecule has 13 heteroatoms. The van der Waals surface area contributed by atoms with Crippen LogP contribution in [0.3, 0.4) is 0 Å². The molecule has 4 aromatic rings. The van der Waals surface area contributed by atoms with E-state index in [0.717, 1.165) is 0 Å². The van der Waals surface area contributed by atoms with Crippen molar-refractivity contribution >= 4 is 32.6 Å². The van der Waals surface area contributed by atoms with Crippen LogP contribution in [0, 0.1) is 11.3 Å². The van der Waals surface area contributed by atoms with E-state index in [1.807, 2.05) is 6.07 Å². The molecular formula is C21H18N6O6S. The molecule has 2 aromatic carbocycles. The zero-order valence-electron chi connectivity index (χ0n) is 18.0. The standard InChI is InChI=1S/C21H18N6O6S/c1-3-27(4-2)34(30,31)13-6-8-17-15(10-13)18(25-32-17)20(28)23-16-7-5-12(11-22)9-14(16)19-24-21(29)33-26-19/h5-10H,3-4H2,1-2H3,(H,23,28)(H,24,26,29). The first-order chi connectivity index (χ1) is 16.3. The van der Waals surface area contributed by atoms with Crippen molar-refractivity contribution in [3.05, 3.63) is 58.2 Å². The average Bonchev–Trinajstić information content (AvgIpc) is 3.45. The average molecular weight is 482 g/mol. The van der Waals surface area contributed by atoms with Gasteiger partial charge < -0.3 is 9.84 Å². The largest absolute Gasteiger partial charge is 0.439 e. The zero-order valence-corrected chi connectivity index (χ0v) is 18.8. The Morgan fingerprint density at radius 2 is 1.91 bits per heavy atom. The Bertz CT molecular complexity index is 1590. The predicted molar refractivity (Wildman–Crippen MR) is 119 cm³/mol. The normalized spacial score (nSPS) is 11.6. The highest BCUT2D eigenvalue weighted by Crippen LogP contribution is 2.29. The van der Waals surface area contributed by atoms with Crippen molar-refractivity contribution in [3.63, 3.8) is 0 Å². The number of rotatable bonds is 7. The minimum atomic E-state index is -3.77. The van der Waals surface area contributed by atoms with Gasteiger partial charge in [-0.15, -0.1) is 0 Å². The van der Waals surface area contributed by atoms with Gasteiger partial charge in [-0.25, -0.2) is 13.2 Å². The molecule has 0 saturated carbocycles. The van der Waals surface area contributed by atoms with Gasteiger partial charge in [-0.1, -0.05) is 24.2 Å². The number of carbonyl (C=O) groups excluding carboxylic acids is 1. The summed E-state index contributed by atoms with van der Waals surface area (Å²) in [6.45, 7) is 4.04. The first-order valence-corrected chi connectivity index (χ1v) is 11.5. The Labute approximate surface area is 192 Å². The first kappa shape index (κ1) is 22.9. The third kappa shape index (κ3) is 4.07. The van der Waals surface area contributed by atoms with Crippen LogP contribution in [0.5, 0.6) is 0 Å². The van der Waals surface area contributed by atoms with Crippen molar-refractivity contribution in [2.24, 2.45) is 0 Å². The molecule has 0 saturated heterocycles. The lowest BCUT2D eigenvalue weighted by atomic mass is 10.1. The van der Waals surface area contributed by atoms with E-state index >= 15 is 0 Å². The number of fused-ring (bicyclic) bond motifs is 1. The van der Waals surface area contributed by atoms with E-state index in [4.69, 9.17) is 4.52 Å². The Balaban J connectivity index is 1.74. The predicted octanol–water partition coefficient (Wildman–Crippen LogP) is 2.33. The number of nitriles is 1. The van der Waals surface area contributed by atoms with Crippen LogP contribution in [0.1, 0.15) is 29.9 Å². The summed E-state index contributed by atoms with van der Waals surface area (Å²) in [5.41, 5.74) is 0.780. The van der Waals surface area contributed by atoms with Gasteiger partial charge in [0.15, 0.2) is 17.1 Å². The maximum absolute atomic E-state index is 13.1. The summed E-state index contributed by atoms with van der Waals surface area (Å²) < 4.78 is 36.8. The third-order valence-electron chi connectivity index (χ3n) is 5.09. The van der Waals surface area contributed by atoms with Gasteiger partial charge >= 0.3 is 5.76 Å². The minimum Gasteiger partial charge on any atom is -0.355 e. The van der Waals surface area contributed by atoms with E-state index < -0.39 is 21.7 Å². The van der Waals surface area contributed by atoms with Crippen LogP contribution in [0.4, 0.5) is 5.69 Å². The number of H-pyrrole nitrogens is 1. The molecule has 1 amide bonds. The number of amides is 1. The van der Waals surface area contributed by atoms with Gasteiger partial charge in [0.2, 0.25) is 10.0 Å². The maximum atomic E-state index is 13.1. The first-order valence-electron chi connectivity index (χ1n) is 10.1. The van der Waals surface area contributed by atoms with Gasteiger partial charge in [0.05, 0.1) is 27.6 Å². The van der Waals surface area contributed by atoms with Crippen molar-refractivity contribution in [1.29, 1.82) is 5.26 Å². The van der Waals surface area contributed by atoms with E-state index in [2.05, 4.69) is 25.1 Å². The lowest BCUT2D eigenvalue weighted by Crippen LogP contribution is -2.30. The molecule has 174 valence electrons. The Kier molecular flexibility index (Phi) is 6.01. The summed E-state index contributed by atoms with van der Waals surface area (Å²) >= 11 is 0. The number of aromatic amines is 1. The van der Waals surface area contributed by atoms with E-state index in [-0.39, 0.29) is 44.2 Å². The van der Waals surface area contributed by atoms with E-state index in [1.165, 1.54) is 40.7 Å². The number of benzene rings is 2. The van der Waals surface area contributed by atoms with Crippen molar-refractivity contribution < 1.29 is 22.3 Å². The molecule has 0 unspecified atom stereocenters. The quantitative estimate of drug-likeness (QED) is 0.400. The van der Waals surface area contributed by atoms with Crippen LogP contribution < -0.4 is 11.1 Å². The molecule has 0 fully saturated rings. The molecule has 12 nitrogen and oxygen atoms in total. The summed E-state index contributed by atoms with van der Waals surface area (Å²) in [6.07, 6.45) is 0. The Hall–Kier alpha value is -4.28. The number of aromatic nitrogens is 3. The molecule has 0 bridgehead atoms. The lowest BCUT2D eigenvalue weighted by Gasteiger charge is -2.18. The van der Waals surface area contributed by atoms with Crippen molar-refractivity contribution in [1.82, 2.24) is 19.6 Å². The molecule has 0 aliphatic rings. The fourth-order valence-electron chi connectivity index (χ4n) is 3.40. The maximum Gasteiger partial charge on any atom is 0.439 e. The van der Waals surface area contributed by atoms with E-state index in [9.17, 15) is 23.3 Å². The lowest BCUT2D eigenvalue weighted by molar-refractivity contribution is 0.102. The van der Waals surface area contributed by atoms with Crippen molar-refractivity contribution in [2.45, 2.75) is 18.7 Å². The molecule has 2 heterocycles. The summed E-state index contributed by atoms with van der Waals surface area (Å²) in [5, 5.41) is 19.4. The van der Waals surface area contributed by atoms with Crippen LogP contribution >= 0.6 is 0 Å². The zero-order chi connectivity index (χ0) is 24.5. The number of nitrogens with zero attached hydrogens (tertiary/aromatic N) is 4. The van der Waals surface area contributed by atoms with Crippen LogP contribution in [-0.2, 0) is 10.0 Å². The van der Waals surface area contributed by atoms with Gasteiger partial charge in [0.25, 0.3) is 5.91 Å². The van der Waals surface area contributed by atoms with Crippen LogP contribution in [0.25, 0.3) is 22.4 Å². The number of nitrogens with one attached hydrogen (secondary N) is 2. The molecule has 0 radical (unpaired) electrons. The van der Waals surface area contributed by atoms with Crippen LogP contribution in [0.2, 0.25) is 0 Å². The molecule has 2 aromatic heterocycles. The summed E-state index contributed by atoms with van der Waals surface area (Å²) in [7, 11) is -3.77.